The van der Waals surface area contributed by atoms with Crippen molar-refractivity contribution in [2.75, 3.05) is 63.6 Å². The summed E-state index contributed by atoms with van der Waals surface area (Å²) in [5.41, 5.74) is 3.01. The van der Waals surface area contributed by atoms with Gasteiger partial charge in [0, 0.05) is 67.9 Å². The second kappa shape index (κ2) is 11.9. The van der Waals surface area contributed by atoms with E-state index in [0.717, 1.165) is 78.4 Å². The summed E-state index contributed by atoms with van der Waals surface area (Å²) in [5, 5.41) is 11.4. The number of hydrogen-bond acceptors (Lipinski definition) is 9. The molecule has 192 valence electrons. The Morgan fingerprint density at radius 1 is 1.11 bits per heavy atom. The van der Waals surface area contributed by atoms with E-state index in [2.05, 4.69) is 51.2 Å². The normalized spacial score (nSPS) is 14.4. The molecule has 1 aliphatic rings. The number of hydrogen-bond donors (Lipinski definition) is 2. The Morgan fingerprint density at radius 2 is 1.83 bits per heavy atom. The molecule has 0 amide bonds. The third-order valence-electron chi connectivity index (χ3n) is 6.17. The largest absolute Gasteiger partial charge is 0.354 e. The number of piperazine rings is 1. The van der Waals surface area contributed by atoms with Crippen molar-refractivity contribution in [2.45, 2.75) is 37.2 Å². The number of carbonyl (C=O) groups is 1. The highest BCUT2D eigenvalue weighted by molar-refractivity contribution is 7.99. The average molecular weight is 509 g/mol. The molecule has 36 heavy (non-hydrogen) atoms. The van der Waals surface area contributed by atoms with Crippen LogP contribution in [-0.2, 0) is 11.2 Å². The first-order chi connectivity index (χ1) is 17.3. The van der Waals surface area contributed by atoms with E-state index >= 15 is 0 Å². The fourth-order valence-corrected chi connectivity index (χ4v) is 4.91. The topological polar surface area (TPSA) is 93.3 Å². The van der Waals surface area contributed by atoms with Gasteiger partial charge in [0.1, 0.15) is 17.4 Å². The molecular weight excluding hydrogens is 472 g/mol. The van der Waals surface area contributed by atoms with Gasteiger partial charge in [-0.25, -0.2) is 9.97 Å². The van der Waals surface area contributed by atoms with Crippen LogP contribution in [0.3, 0.4) is 0 Å². The Bertz CT molecular complexity index is 1170. The van der Waals surface area contributed by atoms with E-state index in [9.17, 15) is 4.79 Å². The summed E-state index contributed by atoms with van der Waals surface area (Å²) in [6.45, 7) is 11.7. The van der Waals surface area contributed by atoms with Gasteiger partial charge in [-0.05, 0) is 64.3 Å². The van der Waals surface area contributed by atoms with Crippen LogP contribution in [0.1, 0.15) is 23.7 Å². The molecule has 2 N–H and O–H groups in total. The maximum atomic E-state index is 11.4. The molecule has 0 saturated carbocycles. The highest BCUT2D eigenvalue weighted by Crippen LogP contribution is 2.32. The number of ketones is 1. The van der Waals surface area contributed by atoms with Gasteiger partial charge >= 0.3 is 0 Å². The number of H-pyrrole nitrogens is 1. The summed E-state index contributed by atoms with van der Waals surface area (Å²) in [4.78, 5) is 29.4. The SMILES string of the molecule is CC(=O)Cc1ccc(Sc2nc(Nc3cc(C)[nH]n3)c(C)c(N3CCN(CCN(C)C)CC3)n2)cc1. The van der Waals surface area contributed by atoms with E-state index in [1.54, 1.807) is 6.92 Å². The second-order valence-electron chi connectivity index (χ2n) is 9.62. The van der Waals surface area contributed by atoms with Gasteiger partial charge in [-0.2, -0.15) is 5.10 Å². The van der Waals surface area contributed by atoms with Crippen molar-refractivity contribution in [1.82, 2.24) is 30.0 Å². The molecule has 0 unspecified atom stereocenters. The predicted octanol–water partition coefficient (Wildman–Crippen LogP) is 3.53. The Labute approximate surface area is 217 Å². The fourth-order valence-electron chi connectivity index (χ4n) is 4.16. The number of likely N-dealkylation sites (N-methyl/N-ethyl adjacent to an activating group) is 1. The molecule has 3 heterocycles. The van der Waals surface area contributed by atoms with Crippen LogP contribution in [0.2, 0.25) is 0 Å². The van der Waals surface area contributed by atoms with Crippen molar-refractivity contribution in [2.24, 2.45) is 0 Å². The molecule has 0 atom stereocenters. The smallest absolute Gasteiger partial charge is 0.196 e. The van der Waals surface area contributed by atoms with Gasteiger partial charge < -0.3 is 15.1 Å². The molecule has 10 heteroatoms. The lowest BCUT2D eigenvalue weighted by Gasteiger charge is -2.36. The number of rotatable bonds is 10. The lowest BCUT2D eigenvalue weighted by Crippen LogP contribution is -2.48. The Morgan fingerprint density at radius 3 is 2.44 bits per heavy atom. The first-order valence-corrected chi connectivity index (χ1v) is 13.1. The van der Waals surface area contributed by atoms with E-state index in [1.807, 2.05) is 37.3 Å². The number of aromatic amines is 1. The van der Waals surface area contributed by atoms with Crippen LogP contribution >= 0.6 is 11.8 Å². The predicted molar refractivity (Wildman–Crippen MR) is 146 cm³/mol. The Hall–Kier alpha value is -2.95. The van der Waals surface area contributed by atoms with Crippen LogP contribution in [-0.4, -0.2) is 89.1 Å². The molecular formula is C26H36N8OS. The van der Waals surface area contributed by atoms with Crippen LogP contribution in [0.4, 0.5) is 17.5 Å². The molecule has 9 nitrogen and oxygen atoms in total. The minimum Gasteiger partial charge on any atom is -0.354 e. The van der Waals surface area contributed by atoms with Gasteiger partial charge in [0.05, 0.1) is 0 Å². The highest BCUT2D eigenvalue weighted by atomic mass is 32.2. The van der Waals surface area contributed by atoms with Gasteiger partial charge in [-0.3, -0.25) is 14.8 Å². The Kier molecular flexibility index (Phi) is 8.60. The summed E-state index contributed by atoms with van der Waals surface area (Å²) in [6, 6.07) is 10.0. The zero-order valence-corrected chi connectivity index (χ0v) is 22.7. The fraction of sp³-hybridized carbons (Fsp3) is 0.462. The van der Waals surface area contributed by atoms with E-state index < -0.39 is 0 Å². The van der Waals surface area contributed by atoms with Gasteiger partial charge in [0.25, 0.3) is 0 Å². The van der Waals surface area contributed by atoms with Gasteiger partial charge in [0.2, 0.25) is 0 Å². The zero-order valence-electron chi connectivity index (χ0n) is 21.8. The van der Waals surface area contributed by atoms with E-state index in [0.29, 0.717) is 11.6 Å². The van der Waals surface area contributed by atoms with Crippen molar-refractivity contribution in [3.8, 4) is 0 Å². The lowest BCUT2D eigenvalue weighted by molar-refractivity contribution is -0.116. The molecule has 1 aromatic carbocycles. The van der Waals surface area contributed by atoms with Crippen molar-refractivity contribution < 1.29 is 4.79 Å². The molecule has 0 spiro atoms. The van der Waals surface area contributed by atoms with E-state index in [-0.39, 0.29) is 5.78 Å². The van der Waals surface area contributed by atoms with Crippen LogP contribution in [0.25, 0.3) is 0 Å². The van der Waals surface area contributed by atoms with E-state index in [4.69, 9.17) is 9.97 Å². The number of aromatic nitrogens is 4. The molecule has 4 rings (SSSR count). The number of benzene rings is 1. The average Bonchev–Trinajstić information content (AvgIpc) is 3.25. The summed E-state index contributed by atoms with van der Waals surface area (Å²) < 4.78 is 0. The lowest BCUT2D eigenvalue weighted by atomic mass is 10.1. The number of nitrogens with zero attached hydrogens (tertiary/aromatic N) is 6. The number of aryl methyl sites for hydroxylation is 1. The third-order valence-corrected chi connectivity index (χ3v) is 7.05. The summed E-state index contributed by atoms with van der Waals surface area (Å²) in [7, 11) is 4.23. The molecule has 3 aromatic rings. The quantitative estimate of drug-likeness (QED) is 0.399. The maximum absolute atomic E-state index is 11.4. The van der Waals surface area contributed by atoms with Crippen molar-refractivity contribution in [3.05, 3.63) is 47.2 Å². The number of carbonyl (C=O) groups excluding carboxylic acids is 1. The molecule has 0 aliphatic carbocycles. The van der Waals surface area contributed by atoms with Crippen molar-refractivity contribution >= 4 is 35.0 Å². The first-order valence-electron chi connectivity index (χ1n) is 12.3. The third kappa shape index (κ3) is 7.05. The van der Waals surface area contributed by atoms with Crippen LogP contribution in [0.5, 0.6) is 0 Å². The molecule has 2 aromatic heterocycles. The minimum absolute atomic E-state index is 0.160. The van der Waals surface area contributed by atoms with Gasteiger partial charge in [0.15, 0.2) is 11.0 Å². The molecule has 1 aliphatic heterocycles. The number of Topliss-reactive ketones (excluding diaryl/α,β-unsaturated/α-hetero) is 1. The molecule has 1 saturated heterocycles. The van der Waals surface area contributed by atoms with Crippen molar-refractivity contribution in [1.29, 1.82) is 0 Å². The molecule has 0 radical (unpaired) electrons. The standard InChI is InChI=1S/C26H36N8OS/c1-18-16-23(31-30-18)27-24-20(3)25(34-14-12-33(13-15-34)11-10-32(4)5)29-26(28-24)36-22-8-6-21(7-9-22)17-19(2)35/h6-9,16H,10-15,17H2,1-5H3,(H2,27,28,29,30,31). The molecule has 0 bridgehead atoms. The Balaban J connectivity index is 1.56. The van der Waals surface area contributed by atoms with Gasteiger partial charge in [-0.15, -0.1) is 0 Å². The van der Waals surface area contributed by atoms with Crippen LogP contribution in [0.15, 0.2) is 40.4 Å². The van der Waals surface area contributed by atoms with Gasteiger partial charge in [-0.1, -0.05) is 12.1 Å². The minimum atomic E-state index is 0.160. The van der Waals surface area contributed by atoms with E-state index in [1.165, 1.54) is 11.8 Å². The summed E-state index contributed by atoms with van der Waals surface area (Å²) >= 11 is 1.53. The van der Waals surface area contributed by atoms with Crippen LogP contribution < -0.4 is 10.2 Å². The maximum Gasteiger partial charge on any atom is 0.196 e. The van der Waals surface area contributed by atoms with Crippen molar-refractivity contribution in [3.63, 3.8) is 0 Å². The zero-order chi connectivity index (χ0) is 25.7. The monoisotopic (exact) mass is 508 g/mol. The second-order valence-corrected chi connectivity index (χ2v) is 10.7. The number of anilines is 3. The summed E-state index contributed by atoms with van der Waals surface area (Å²) in [6.07, 6.45) is 0.452. The van der Waals surface area contributed by atoms with Crippen LogP contribution in [0, 0.1) is 13.8 Å². The highest BCUT2D eigenvalue weighted by Gasteiger charge is 2.22. The summed E-state index contributed by atoms with van der Waals surface area (Å²) in [5.74, 6) is 2.62. The first kappa shape index (κ1) is 26.1. The molecule has 1 fully saturated rings. The number of nitrogens with one attached hydrogen (secondary N) is 2.